The van der Waals surface area contributed by atoms with Gasteiger partial charge in [-0.05, 0) is 18.1 Å². The van der Waals surface area contributed by atoms with Crippen LogP contribution in [0.2, 0.25) is 0 Å². The summed E-state index contributed by atoms with van der Waals surface area (Å²) in [6.45, 7) is 0. The Morgan fingerprint density at radius 2 is 2.14 bits per heavy atom. The van der Waals surface area contributed by atoms with E-state index < -0.39 is 9.84 Å². The van der Waals surface area contributed by atoms with Crippen LogP contribution in [0, 0.1) is 0 Å². The maximum Gasteiger partial charge on any atom is 0.254 e. The van der Waals surface area contributed by atoms with Crippen molar-refractivity contribution in [2.24, 2.45) is 7.05 Å². The maximum absolute atomic E-state index is 12.2. The van der Waals surface area contributed by atoms with Crippen LogP contribution in [-0.2, 0) is 16.9 Å². The third-order valence-electron chi connectivity index (χ3n) is 3.58. The van der Waals surface area contributed by atoms with Gasteiger partial charge in [0.2, 0.25) is 0 Å². The molecule has 0 spiro atoms. The van der Waals surface area contributed by atoms with Gasteiger partial charge >= 0.3 is 0 Å². The quantitative estimate of drug-likeness (QED) is 0.900. The highest BCUT2D eigenvalue weighted by atomic mass is 32.2. The van der Waals surface area contributed by atoms with Gasteiger partial charge in [-0.25, -0.2) is 8.42 Å². The van der Waals surface area contributed by atoms with E-state index in [1.165, 1.54) is 6.20 Å². The van der Waals surface area contributed by atoms with Crippen LogP contribution in [0.5, 0.6) is 0 Å². The van der Waals surface area contributed by atoms with E-state index >= 15 is 0 Å². The molecule has 21 heavy (non-hydrogen) atoms. The molecule has 0 unspecified atom stereocenters. The summed E-state index contributed by atoms with van der Waals surface area (Å²) in [4.78, 5) is 12.5. The molecule has 110 valence electrons. The van der Waals surface area contributed by atoms with Gasteiger partial charge in [-0.1, -0.05) is 18.2 Å². The standard InChI is InChI=1S/C14H15N3O3S/c1-17-9-10(8-15-17)14(18)16-12-6-7-21(19,20)13-5-3-2-4-11(12)13/h2-5,8-9,12H,6-7H2,1H3,(H,16,18)/t12-/m1/s1. The summed E-state index contributed by atoms with van der Waals surface area (Å²) in [6, 6.07) is 6.52. The maximum atomic E-state index is 12.2. The summed E-state index contributed by atoms with van der Waals surface area (Å²) in [5.74, 6) is -0.204. The number of hydrogen-bond acceptors (Lipinski definition) is 4. The van der Waals surface area contributed by atoms with E-state index in [1.54, 1.807) is 42.2 Å². The van der Waals surface area contributed by atoms with Crippen LogP contribution in [0.3, 0.4) is 0 Å². The lowest BCUT2D eigenvalue weighted by Crippen LogP contribution is -2.33. The van der Waals surface area contributed by atoms with Gasteiger partial charge in [0.1, 0.15) is 0 Å². The van der Waals surface area contributed by atoms with Gasteiger partial charge in [0.15, 0.2) is 9.84 Å². The third kappa shape index (κ3) is 2.56. The molecule has 1 aliphatic heterocycles. The van der Waals surface area contributed by atoms with Crippen molar-refractivity contribution >= 4 is 15.7 Å². The fraction of sp³-hybridized carbons (Fsp3) is 0.286. The number of fused-ring (bicyclic) bond motifs is 1. The van der Waals surface area contributed by atoms with Gasteiger partial charge in [-0.3, -0.25) is 9.48 Å². The van der Waals surface area contributed by atoms with E-state index in [2.05, 4.69) is 10.4 Å². The SMILES string of the molecule is Cn1cc(C(=O)N[C@@H]2CCS(=O)(=O)c3ccccc32)cn1. The van der Waals surface area contributed by atoms with E-state index in [0.29, 0.717) is 22.4 Å². The first-order chi connectivity index (χ1) is 9.97. The number of aromatic nitrogens is 2. The summed E-state index contributed by atoms with van der Waals surface area (Å²) in [7, 11) is -1.50. The Balaban J connectivity index is 1.89. The summed E-state index contributed by atoms with van der Waals surface area (Å²) < 4.78 is 25.7. The van der Waals surface area contributed by atoms with Crippen molar-refractivity contribution in [1.29, 1.82) is 0 Å². The molecule has 1 aliphatic rings. The van der Waals surface area contributed by atoms with Gasteiger partial charge in [0.25, 0.3) is 5.91 Å². The molecule has 0 saturated heterocycles. The van der Waals surface area contributed by atoms with Crippen molar-refractivity contribution in [3.63, 3.8) is 0 Å². The normalized spacial score (nSPS) is 19.8. The van der Waals surface area contributed by atoms with Crippen LogP contribution in [-0.4, -0.2) is 29.9 Å². The number of aryl methyl sites for hydroxylation is 1. The number of nitrogens with zero attached hydrogens (tertiary/aromatic N) is 2. The average molecular weight is 305 g/mol. The predicted molar refractivity (Wildman–Crippen MR) is 76.5 cm³/mol. The van der Waals surface area contributed by atoms with Crippen molar-refractivity contribution in [2.45, 2.75) is 17.4 Å². The van der Waals surface area contributed by atoms with Gasteiger partial charge in [-0.2, -0.15) is 5.10 Å². The number of rotatable bonds is 2. The molecule has 1 N–H and O–H groups in total. The zero-order valence-corrected chi connectivity index (χ0v) is 12.3. The molecular formula is C14H15N3O3S. The largest absolute Gasteiger partial charge is 0.345 e. The molecule has 6 nitrogen and oxygen atoms in total. The highest BCUT2D eigenvalue weighted by molar-refractivity contribution is 7.91. The predicted octanol–water partition coefficient (Wildman–Crippen LogP) is 1.07. The first-order valence-electron chi connectivity index (χ1n) is 6.58. The fourth-order valence-corrected chi connectivity index (χ4v) is 4.14. The highest BCUT2D eigenvalue weighted by Crippen LogP contribution is 2.31. The van der Waals surface area contributed by atoms with Gasteiger partial charge in [-0.15, -0.1) is 0 Å². The molecule has 0 aliphatic carbocycles. The number of nitrogens with one attached hydrogen (secondary N) is 1. The monoisotopic (exact) mass is 305 g/mol. The molecule has 0 fully saturated rings. The van der Waals surface area contributed by atoms with E-state index in [0.717, 1.165) is 0 Å². The van der Waals surface area contributed by atoms with E-state index in [9.17, 15) is 13.2 Å². The second kappa shape index (κ2) is 5.00. The second-order valence-corrected chi connectivity index (χ2v) is 7.15. The number of benzene rings is 1. The molecule has 7 heteroatoms. The minimum absolute atomic E-state index is 0.0437. The minimum Gasteiger partial charge on any atom is -0.345 e. The van der Waals surface area contributed by atoms with Gasteiger partial charge < -0.3 is 5.32 Å². The molecule has 0 saturated carbocycles. The smallest absolute Gasteiger partial charge is 0.254 e. The van der Waals surface area contributed by atoms with Crippen molar-refractivity contribution in [2.75, 3.05) is 5.75 Å². The molecule has 1 atom stereocenters. The van der Waals surface area contributed by atoms with Crippen LogP contribution in [0.4, 0.5) is 0 Å². The molecule has 1 amide bonds. The molecule has 2 heterocycles. The fourth-order valence-electron chi connectivity index (χ4n) is 2.52. The zero-order valence-electron chi connectivity index (χ0n) is 11.5. The highest BCUT2D eigenvalue weighted by Gasteiger charge is 2.30. The third-order valence-corrected chi connectivity index (χ3v) is 5.39. The molecule has 1 aromatic heterocycles. The van der Waals surface area contributed by atoms with Crippen LogP contribution >= 0.6 is 0 Å². The first kappa shape index (κ1) is 13.8. The molecule has 2 aromatic rings. The van der Waals surface area contributed by atoms with E-state index in [1.807, 2.05) is 0 Å². The number of carbonyl (C=O) groups is 1. The Labute approximate surface area is 122 Å². The van der Waals surface area contributed by atoms with E-state index in [4.69, 9.17) is 0 Å². The van der Waals surface area contributed by atoms with Crippen LogP contribution in [0.25, 0.3) is 0 Å². The Hall–Kier alpha value is -2.15. The number of hydrogen-bond donors (Lipinski definition) is 1. The zero-order chi connectivity index (χ0) is 15.0. The van der Waals surface area contributed by atoms with Crippen molar-refractivity contribution in [3.05, 3.63) is 47.8 Å². The summed E-state index contributed by atoms with van der Waals surface area (Å²) in [6.07, 6.45) is 3.49. The Morgan fingerprint density at radius 3 is 2.86 bits per heavy atom. The Kier molecular flexibility index (Phi) is 3.29. The van der Waals surface area contributed by atoms with Crippen LogP contribution in [0.1, 0.15) is 28.4 Å². The lowest BCUT2D eigenvalue weighted by atomic mass is 10.0. The number of carbonyl (C=O) groups excluding carboxylic acids is 1. The number of sulfone groups is 1. The van der Waals surface area contributed by atoms with Crippen molar-refractivity contribution in [3.8, 4) is 0 Å². The summed E-state index contributed by atoms with van der Waals surface area (Å²) in [5.41, 5.74) is 1.12. The van der Waals surface area contributed by atoms with Crippen LogP contribution < -0.4 is 5.32 Å². The summed E-state index contributed by atoms with van der Waals surface area (Å²) >= 11 is 0. The van der Waals surface area contributed by atoms with Crippen molar-refractivity contribution in [1.82, 2.24) is 15.1 Å². The molecule has 3 rings (SSSR count). The lowest BCUT2D eigenvalue weighted by Gasteiger charge is -2.26. The summed E-state index contributed by atoms with van der Waals surface area (Å²) in [5, 5.41) is 6.84. The molecule has 0 bridgehead atoms. The second-order valence-electron chi connectivity index (χ2n) is 5.07. The molecule has 1 aromatic carbocycles. The topological polar surface area (TPSA) is 81.1 Å². The molecular weight excluding hydrogens is 290 g/mol. The van der Waals surface area contributed by atoms with Gasteiger partial charge in [0, 0.05) is 13.2 Å². The molecule has 0 radical (unpaired) electrons. The number of amides is 1. The lowest BCUT2D eigenvalue weighted by molar-refractivity contribution is 0.0934. The van der Waals surface area contributed by atoms with E-state index in [-0.39, 0.29) is 17.7 Å². The van der Waals surface area contributed by atoms with Crippen LogP contribution in [0.15, 0.2) is 41.6 Å². The van der Waals surface area contributed by atoms with Crippen molar-refractivity contribution < 1.29 is 13.2 Å². The van der Waals surface area contributed by atoms with Gasteiger partial charge in [0.05, 0.1) is 28.5 Å². The average Bonchev–Trinajstić information content (AvgIpc) is 2.89. The Bertz CT molecular complexity index is 795. The minimum atomic E-state index is -3.24. The Morgan fingerprint density at radius 1 is 1.38 bits per heavy atom. The first-order valence-corrected chi connectivity index (χ1v) is 8.24.